The van der Waals surface area contributed by atoms with Gasteiger partial charge in [-0.25, -0.2) is 9.38 Å². The molecule has 0 aromatic heterocycles. The summed E-state index contributed by atoms with van der Waals surface area (Å²) in [5.74, 6) is 0.722. The quantitative estimate of drug-likeness (QED) is 0.0975. The predicted octanol–water partition coefficient (Wildman–Crippen LogP) is 11.4. The van der Waals surface area contributed by atoms with Gasteiger partial charge in [0.25, 0.3) is 0 Å². The number of allylic oxidation sites excluding steroid dienone is 5. The van der Waals surface area contributed by atoms with Gasteiger partial charge >= 0.3 is 0 Å². The number of benzene rings is 2. The van der Waals surface area contributed by atoms with E-state index in [1.54, 1.807) is 6.92 Å². The number of aryl methyl sites for hydroxylation is 2. The topological polar surface area (TPSA) is 49.1 Å². The van der Waals surface area contributed by atoms with Crippen molar-refractivity contribution in [2.24, 2.45) is 25.8 Å². The highest BCUT2D eigenvalue weighted by Crippen LogP contribution is 2.38. The van der Waals surface area contributed by atoms with Gasteiger partial charge in [0.2, 0.25) is 0 Å². The first-order chi connectivity index (χ1) is 20.7. The molecule has 0 aliphatic heterocycles. The maximum absolute atomic E-state index is 14.4. The zero-order chi connectivity index (χ0) is 32.5. The zero-order valence-electron chi connectivity index (χ0n) is 27.8. The normalized spacial score (nSPS) is 16.6. The molecule has 3 rings (SSSR count). The van der Waals surface area contributed by atoms with Gasteiger partial charge in [-0.05, 0) is 114 Å². The Hall–Kier alpha value is -3.31. The number of amidine groups is 1. The fraction of sp³-hybridized carbons (Fsp3) is 0.447. The Kier molecular flexibility index (Phi) is 12.5. The Morgan fingerprint density at radius 2 is 1.73 bits per heavy atom. The first-order valence-electron chi connectivity index (χ1n) is 15.6. The maximum Gasteiger partial charge on any atom is 0.128 e. The van der Waals surface area contributed by atoms with Crippen LogP contribution in [0.15, 0.2) is 86.9 Å². The molecule has 1 atom stereocenters. The lowest BCUT2D eigenvalue weighted by Crippen LogP contribution is -2.33. The number of rotatable bonds is 14. The van der Waals surface area contributed by atoms with Crippen molar-refractivity contribution in [1.29, 1.82) is 0 Å². The van der Waals surface area contributed by atoms with E-state index >= 15 is 0 Å². The molecule has 44 heavy (non-hydrogen) atoms. The minimum absolute atomic E-state index is 0.0572. The fourth-order valence-electron chi connectivity index (χ4n) is 5.30. The minimum Gasteiger partial charge on any atom is -0.347 e. The number of nitrogens with one attached hydrogen (secondary N) is 1. The summed E-state index contributed by atoms with van der Waals surface area (Å²) in [5.41, 5.74) is 7.36. The van der Waals surface area contributed by atoms with Crippen LogP contribution in [0.4, 0.5) is 15.8 Å². The van der Waals surface area contributed by atoms with Crippen LogP contribution in [0, 0.1) is 30.5 Å². The molecule has 236 valence electrons. The molecular formula is C38H50ClFN4. The van der Waals surface area contributed by atoms with Crippen molar-refractivity contribution in [3.8, 4) is 0 Å². The second kappa shape index (κ2) is 15.6. The van der Waals surface area contributed by atoms with Crippen LogP contribution in [0.5, 0.6) is 0 Å². The lowest BCUT2D eigenvalue weighted by atomic mass is 9.76. The summed E-state index contributed by atoms with van der Waals surface area (Å²) < 4.78 is 14.4. The van der Waals surface area contributed by atoms with Gasteiger partial charge in [-0.3, -0.25) is 9.98 Å². The van der Waals surface area contributed by atoms with Gasteiger partial charge in [0.05, 0.1) is 11.4 Å². The van der Waals surface area contributed by atoms with Gasteiger partial charge in [-0.1, -0.05) is 55.7 Å². The Bertz CT molecular complexity index is 1460. The van der Waals surface area contributed by atoms with Gasteiger partial charge in [-0.15, -0.1) is 6.58 Å². The number of halogens is 2. The van der Waals surface area contributed by atoms with E-state index in [-0.39, 0.29) is 16.6 Å². The first-order valence-corrected chi connectivity index (χ1v) is 16.0. The number of hydrogen-bond donors (Lipinski definition) is 1. The van der Waals surface area contributed by atoms with Crippen LogP contribution >= 0.6 is 11.6 Å². The molecule has 0 bridgehead atoms. The molecule has 0 spiro atoms. The molecule has 0 heterocycles. The van der Waals surface area contributed by atoms with E-state index in [9.17, 15) is 4.39 Å². The van der Waals surface area contributed by atoms with Gasteiger partial charge in [0, 0.05) is 46.3 Å². The average molecular weight is 617 g/mol. The van der Waals surface area contributed by atoms with Crippen LogP contribution in [0.3, 0.4) is 0 Å². The number of hydrogen-bond acceptors (Lipinski definition) is 3. The number of nitrogens with zero attached hydrogens (tertiary/aromatic N) is 3. The average Bonchev–Trinajstić information content (AvgIpc) is 2.95. The van der Waals surface area contributed by atoms with Gasteiger partial charge in [-0.2, -0.15) is 0 Å². The number of unbranched alkanes of at least 4 members (excludes halogenated alkanes) is 1. The smallest absolute Gasteiger partial charge is 0.128 e. The molecule has 2 aromatic rings. The maximum atomic E-state index is 14.4. The largest absolute Gasteiger partial charge is 0.347 e. The Morgan fingerprint density at radius 1 is 1.05 bits per heavy atom. The zero-order valence-corrected chi connectivity index (χ0v) is 28.5. The van der Waals surface area contributed by atoms with Gasteiger partial charge in [0.15, 0.2) is 0 Å². The summed E-state index contributed by atoms with van der Waals surface area (Å²) >= 11 is 6.13. The minimum atomic E-state index is -0.310. The van der Waals surface area contributed by atoms with Crippen molar-refractivity contribution < 1.29 is 4.39 Å². The summed E-state index contributed by atoms with van der Waals surface area (Å²) in [6.45, 7) is 23.0. The van der Waals surface area contributed by atoms with Gasteiger partial charge < -0.3 is 5.32 Å². The first kappa shape index (κ1) is 35.2. The third-order valence-corrected chi connectivity index (χ3v) is 8.89. The molecule has 1 aliphatic carbocycles. The molecule has 1 aliphatic rings. The summed E-state index contributed by atoms with van der Waals surface area (Å²) in [4.78, 5) is 14.2. The molecule has 0 radical (unpaired) electrons. The molecule has 4 nitrogen and oxygen atoms in total. The summed E-state index contributed by atoms with van der Waals surface area (Å²) in [6, 6.07) is 11.0. The van der Waals surface area contributed by atoms with Crippen LogP contribution in [0.25, 0.3) is 0 Å². The highest BCUT2D eigenvalue weighted by Gasteiger charge is 2.30. The van der Waals surface area contributed by atoms with E-state index in [4.69, 9.17) is 21.6 Å². The fourth-order valence-corrected chi connectivity index (χ4v) is 5.43. The second-order valence-corrected chi connectivity index (χ2v) is 13.7. The monoisotopic (exact) mass is 616 g/mol. The van der Waals surface area contributed by atoms with Crippen molar-refractivity contribution in [3.63, 3.8) is 0 Å². The molecule has 0 fully saturated rings. The van der Waals surface area contributed by atoms with E-state index < -0.39 is 0 Å². The van der Waals surface area contributed by atoms with Crippen molar-refractivity contribution in [1.82, 2.24) is 5.32 Å². The van der Waals surface area contributed by atoms with E-state index in [1.807, 2.05) is 44.2 Å². The van der Waals surface area contributed by atoms with Crippen LogP contribution < -0.4 is 5.32 Å². The van der Waals surface area contributed by atoms with Crippen LogP contribution in [0.2, 0.25) is 5.02 Å². The summed E-state index contributed by atoms with van der Waals surface area (Å²) in [7, 11) is 0. The molecule has 6 heteroatoms. The Labute approximate surface area is 270 Å². The molecule has 0 amide bonds. The molecular weight excluding hydrogens is 567 g/mol. The third kappa shape index (κ3) is 10.1. The van der Waals surface area contributed by atoms with Crippen LogP contribution in [-0.4, -0.2) is 24.8 Å². The third-order valence-electron chi connectivity index (χ3n) is 8.64. The highest BCUT2D eigenvalue weighted by atomic mass is 35.5. The van der Waals surface area contributed by atoms with E-state index in [0.29, 0.717) is 22.8 Å². The molecule has 1 N–H and O–H groups in total. The summed E-state index contributed by atoms with van der Waals surface area (Å²) in [6.07, 6.45) is 11.3. The molecule has 0 saturated heterocycles. The Morgan fingerprint density at radius 3 is 2.39 bits per heavy atom. The van der Waals surface area contributed by atoms with Gasteiger partial charge in [0.1, 0.15) is 11.7 Å². The molecule has 0 saturated carbocycles. The van der Waals surface area contributed by atoms with Crippen molar-refractivity contribution >= 4 is 41.2 Å². The van der Waals surface area contributed by atoms with E-state index in [1.165, 1.54) is 22.9 Å². The van der Waals surface area contributed by atoms with Crippen molar-refractivity contribution in [2.45, 2.75) is 93.4 Å². The molecule has 1 unspecified atom stereocenters. The Balaban J connectivity index is 1.83. The van der Waals surface area contributed by atoms with Crippen molar-refractivity contribution in [3.05, 3.63) is 93.9 Å². The highest BCUT2D eigenvalue weighted by molar-refractivity contribution is 6.30. The SMILES string of the molecule is C=NCC(C)(CCC1=CCC(C)(C)C(NC(CCCCC(=C)C)=Nc2ccc(Cl)cc2)=C1)C(C)=Nc1cc(F)c(C)cc1C. The van der Waals surface area contributed by atoms with E-state index in [2.05, 4.69) is 63.5 Å². The number of aliphatic imine (C=N–C) groups is 3. The second-order valence-electron chi connectivity index (χ2n) is 13.3. The predicted molar refractivity (Wildman–Crippen MR) is 190 cm³/mol. The van der Waals surface area contributed by atoms with Crippen LogP contribution in [-0.2, 0) is 0 Å². The standard InChI is InChI=1S/C38H50ClFN4/c1-26(2)12-10-11-13-36(43-32-16-14-31(39)15-17-32)44-35-23-30(18-20-37(35,6)7)19-21-38(8,25-41-9)29(5)42-34-24-33(40)27(3)22-28(34)4/h14-18,22-24H,1,9-13,19-21,25H2,2-8H3,(H,43,44). The van der Waals surface area contributed by atoms with E-state index in [0.717, 1.165) is 67.7 Å². The van der Waals surface area contributed by atoms with Crippen molar-refractivity contribution in [2.75, 3.05) is 6.54 Å². The van der Waals surface area contributed by atoms with Crippen LogP contribution in [0.1, 0.15) is 90.7 Å². The summed E-state index contributed by atoms with van der Waals surface area (Å²) in [5, 5.41) is 4.45. The molecule has 2 aromatic carbocycles. The lowest BCUT2D eigenvalue weighted by molar-refractivity contribution is 0.417. The lowest BCUT2D eigenvalue weighted by Gasteiger charge is -2.33.